The summed E-state index contributed by atoms with van der Waals surface area (Å²) in [5.74, 6) is 2.53. The predicted octanol–water partition coefficient (Wildman–Crippen LogP) is 12.6. The number of benzene rings is 2. The second-order valence-electron chi connectivity index (χ2n) is 11.3. The van der Waals surface area contributed by atoms with Gasteiger partial charge in [-0.15, -0.1) is 0 Å². The molecule has 3 atom stereocenters. The summed E-state index contributed by atoms with van der Waals surface area (Å²) in [5, 5.41) is 0. The van der Waals surface area contributed by atoms with E-state index in [4.69, 9.17) is 9.05 Å². The number of aryl methyl sites for hydroxylation is 3. The number of nitrogens with zero attached hydrogens (tertiary/aromatic N) is 2. The first kappa shape index (κ1) is 37.2. The first-order valence-electron chi connectivity index (χ1n) is 14.3. The summed E-state index contributed by atoms with van der Waals surface area (Å²) in [6, 6.07) is 13.7. The van der Waals surface area contributed by atoms with E-state index < -0.39 is 0 Å². The summed E-state index contributed by atoms with van der Waals surface area (Å²) in [6.07, 6.45) is 8.21. The smallest absolute Gasteiger partial charge is 0.160 e. The van der Waals surface area contributed by atoms with Gasteiger partial charge in [-0.2, -0.15) is 6.59 Å². The first-order chi connectivity index (χ1) is 19.0. The molecule has 0 aliphatic rings. The molecular formula is C30H48I2N2O2P2S2. The van der Waals surface area contributed by atoms with Crippen molar-refractivity contribution in [1.29, 1.82) is 0 Å². The van der Waals surface area contributed by atoms with E-state index in [1.54, 1.807) is 9.12 Å². The fourth-order valence-electron chi connectivity index (χ4n) is 4.47. The minimum Gasteiger partial charge on any atom is -0.465 e. The average Bonchev–Trinajstić information content (AvgIpc) is 2.90. The Labute approximate surface area is 282 Å². The minimum absolute atomic E-state index is 0.0661. The molecular weight excluding hydrogens is 800 g/mol. The number of hydrogen-bond donors (Lipinski definition) is 0. The highest BCUT2D eigenvalue weighted by Crippen LogP contribution is 2.45. The van der Waals surface area contributed by atoms with E-state index in [0.717, 1.165) is 24.3 Å². The highest BCUT2D eigenvalue weighted by atomic mass is 127. The molecule has 0 aliphatic heterocycles. The molecule has 40 heavy (non-hydrogen) atoms. The van der Waals surface area contributed by atoms with Crippen LogP contribution in [0.3, 0.4) is 0 Å². The highest BCUT2D eigenvalue weighted by molar-refractivity contribution is 14.2. The Hall–Kier alpha value is 0.980. The van der Waals surface area contributed by atoms with Crippen molar-refractivity contribution in [3.05, 3.63) is 58.7 Å². The van der Waals surface area contributed by atoms with Gasteiger partial charge in [-0.1, -0.05) is 71.2 Å². The van der Waals surface area contributed by atoms with Gasteiger partial charge in [-0.3, -0.25) is 0 Å². The first-order valence-corrected chi connectivity index (χ1v) is 21.8. The fourth-order valence-corrected chi connectivity index (χ4v) is 11.1. The second kappa shape index (κ2) is 19.4. The van der Waals surface area contributed by atoms with E-state index in [-0.39, 0.29) is 5.54 Å². The van der Waals surface area contributed by atoms with Gasteiger partial charge in [0.05, 0.1) is 0 Å². The van der Waals surface area contributed by atoms with Crippen LogP contribution in [0.5, 0.6) is 11.5 Å². The lowest BCUT2D eigenvalue weighted by molar-refractivity contribution is 0.312. The predicted molar refractivity (Wildman–Crippen MR) is 202 cm³/mol. The van der Waals surface area contributed by atoms with Crippen molar-refractivity contribution in [2.75, 3.05) is 0 Å². The molecule has 0 amide bonds. The van der Waals surface area contributed by atoms with Crippen LogP contribution < -0.4 is 9.05 Å². The van der Waals surface area contributed by atoms with Crippen LogP contribution in [0.2, 0.25) is 0 Å². The van der Waals surface area contributed by atoms with E-state index in [9.17, 15) is 0 Å². The third-order valence-electron chi connectivity index (χ3n) is 7.01. The minimum atomic E-state index is 0.0661. The lowest BCUT2D eigenvalue weighted by atomic mass is 9.96. The lowest BCUT2D eigenvalue weighted by Crippen LogP contribution is -2.33. The number of rotatable bonds is 19. The third kappa shape index (κ3) is 12.5. The van der Waals surface area contributed by atoms with Gasteiger partial charge in [-0.05, 0) is 105 Å². The summed E-state index contributed by atoms with van der Waals surface area (Å²) in [4.78, 5) is 0. The molecule has 0 saturated carbocycles. The molecule has 226 valence electrons. The summed E-state index contributed by atoms with van der Waals surface area (Å²) >= 11 is 6.73. The SMILES string of the molecule is CCCC(CCCCC(C)(C)N(POc1cc(C)ccc1CC)SI)N(I)SPOc1cc(C)ccc1C(C)C. The quantitative estimate of drug-likeness (QED) is 0.0459. The lowest BCUT2D eigenvalue weighted by Gasteiger charge is -2.35. The molecule has 0 fully saturated rings. The van der Waals surface area contributed by atoms with Gasteiger partial charge in [0.25, 0.3) is 0 Å². The maximum atomic E-state index is 6.36. The molecule has 2 aromatic rings. The van der Waals surface area contributed by atoms with E-state index >= 15 is 0 Å². The van der Waals surface area contributed by atoms with Crippen molar-refractivity contribution in [1.82, 2.24) is 6.59 Å². The van der Waals surface area contributed by atoms with Gasteiger partial charge in [0.2, 0.25) is 0 Å². The molecule has 0 heterocycles. The van der Waals surface area contributed by atoms with Crippen LogP contribution in [-0.2, 0) is 6.42 Å². The van der Waals surface area contributed by atoms with Gasteiger partial charge in [0.1, 0.15) is 19.5 Å². The molecule has 3 unspecified atom stereocenters. The van der Waals surface area contributed by atoms with Crippen LogP contribution >= 0.6 is 81.7 Å². The van der Waals surface area contributed by atoms with Gasteiger partial charge >= 0.3 is 0 Å². The summed E-state index contributed by atoms with van der Waals surface area (Å²) in [7, 11) is 2.43. The molecule has 0 spiro atoms. The number of halogens is 2. The largest absolute Gasteiger partial charge is 0.465 e. The standard InChI is InChI=1S/C30H48I2N2O2P2S2/c1-9-13-26(33(31)40-38-36-29-21-24(6)16-18-27(29)22(3)4)14-11-12-19-30(7,8)34(39-32)37-35-28-20-23(5)15-17-25(28)10-2/h15-18,20-22,26,37-38H,9-14,19H2,1-8H3. The Kier molecular flexibility index (Phi) is 18.0. The number of hydrogen-bond acceptors (Lipinski definition) is 6. The Morgan fingerprint density at radius 3 is 2.25 bits per heavy atom. The van der Waals surface area contributed by atoms with Gasteiger partial charge in [0, 0.05) is 64.8 Å². The highest BCUT2D eigenvalue weighted by Gasteiger charge is 2.28. The molecule has 0 saturated heterocycles. The van der Waals surface area contributed by atoms with E-state index in [0.29, 0.717) is 28.9 Å². The Balaban J connectivity index is 1.84. The summed E-state index contributed by atoms with van der Waals surface area (Å²) in [6.45, 7) is 17.9. The zero-order valence-electron chi connectivity index (χ0n) is 25.4. The molecule has 0 N–H and O–H groups in total. The van der Waals surface area contributed by atoms with Crippen LogP contribution in [0, 0.1) is 13.8 Å². The molecule has 0 bridgehead atoms. The van der Waals surface area contributed by atoms with Gasteiger partial charge in [0.15, 0.2) is 8.96 Å². The Morgan fingerprint density at radius 2 is 1.62 bits per heavy atom. The van der Waals surface area contributed by atoms with Crippen LogP contribution in [0.4, 0.5) is 0 Å². The Bertz CT molecular complexity index is 1030. The van der Waals surface area contributed by atoms with Crippen molar-refractivity contribution in [3.8, 4) is 11.5 Å². The van der Waals surface area contributed by atoms with E-state index in [1.807, 2.05) is 11.6 Å². The number of unbranched alkanes of at least 4 members (excludes halogenated alkanes) is 1. The maximum Gasteiger partial charge on any atom is 0.160 e. The normalized spacial score (nSPS) is 13.5. The van der Waals surface area contributed by atoms with Crippen molar-refractivity contribution in [3.63, 3.8) is 0 Å². The summed E-state index contributed by atoms with van der Waals surface area (Å²) in [5.41, 5.74) is 5.14. The topological polar surface area (TPSA) is 24.9 Å². The molecule has 2 aromatic carbocycles. The zero-order valence-corrected chi connectivity index (χ0v) is 33.3. The molecule has 10 heteroatoms. The van der Waals surface area contributed by atoms with Crippen molar-refractivity contribution in [2.24, 2.45) is 0 Å². The summed E-state index contributed by atoms with van der Waals surface area (Å²) < 4.78 is 17.5. The molecule has 0 radical (unpaired) electrons. The molecule has 0 aromatic heterocycles. The maximum absolute atomic E-state index is 6.36. The van der Waals surface area contributed by atoms with Gasteiger partial charge < -0.3 is 9.05 Å². The van der Waals surface area contributed by atoms with Gasteiger partial charge in [-0.25, -0.2) is 0 Å². The van der Waals surface area contributed by atoms with E-state index in [2.05, 4.69) is 142 Å². The van der Waals surface area contributed by atoms with Crippen LogP contribution in [0.15, 0.2) is 36.4 Å². The molecule has 4 nitrogen and oxygen atoms in total. The Morgan fingerprint density at radius 1 is 0.950 bits per heavy atom. The molecule has 0 aliphatic carbocycles. The molecule has 2 rings (SSSR count). The van der Waals surface area contributed by atoms with Crippen molar-refractivity contribution < 1.29 is 9.05 Å². The average molecular weight is 849 g/mol. The van der Waals surface area contributed by atoms with Crippen LogP contribution in [0.25, 0.3) is 0 Å². The van der Waals surface area contributed by atoms with Crippen LogP contribution in [-0.4, -0.2) is 18.2 Å². The fraction of sp³-hybridized carbons (Fsp3) is 0.600. The van der Waals surface area contributed by atoms with Crippen LogP contribution in [0.1, 0.15) is 108 Å². The van der Waals surface area contributed by atoms with Crippen molar-refractivity contribution >= 4 is 81.7 Å². The monoisotopic (exact) mass is 848 g/mol. The zero-order chi connectivity index (χ0) is 29.7. The van der Waals surface area contributed by atoms with E-state index in [1.165, 1.54) is 54.4 Å². The second-order valence-corrected chi connectivity index (χ2v) is 17.8. The third-order valence-corrected chi connectivity index (χ3v) is 15.9. The van der Waals surface area contributed by atoms with Crippen molar-refractivity contribution in [2.45, 2.75) is 118 Å².